The first-order valence-corrected chi connectivity index (χ1v) is 23.7. The second-order valence-electron chi connectivity index (χ2n) is 17.9. The maximum atomic E-state index is 13.7. The summed E-state index contributed by atoms with van der Waals surface area (Å²) < 4.78 is 52.2. The Bertz CT molecular complexity index is 3060. The van der Waals surface area contributed by atoms with Crippen molar-refractivity contribution < 1.29 is 56.2 Å². The number of nitrogens with zero attached hydrogens (tertiary/aromatic N) is 8. The van der Waals surface area contributed by atoms with Gasteiger partial charge in [-0.3, -0.25) is 24.4 Å². The molecule has 1 atom stereocenters. The second kappa shape index (κ2) is 21.2. The Morgan fingerprint density at radius 2 is 1.49 bits per heavy atom. The van der Waals surface area contributed by atoms with E-state index in [4.69, 9.17) is 23.8 Å². The van der Waals surface area contributed by atoms with Gasteiger partial charge in [0.2, 0.25) is 5.60 Å². The lowest BCUT2D eigenvalue weighted by Crippen LogP contribution is -2.68. The molecule has 1 aliphatic heterocycles. The Labute approximate surface area is 410 Å². The van der Waals surface area contributed by atoms with Crippen molar-refractivity contribution in [3.8, 4) is 29.1 Å². The van der Waals surface area contributed by atoms with Crippen molar-refractivity contribution in [3.05, 3.63) is 106 Å². The third kappa shape index (κ3) is 13.5. The zero-order chi connectivity index (χ0) is 51.9. The summed E-state index contributed by atoms with van der Waals surface area (Å²) in [4.78, 5) is 93.7. The van der Waals surface area contributed by atoms with Crippen LogP contribution >= 0.6 is 11.3 Å². The topological polar surface area (TPSA) is 307 Å². The Morgan fingerprint density at radius 3 is 2.07 bits per heavy atom. The molecule has 374 valence electrons. The average molecular weight is 1020 g/mol. The fourth-order valence-electron chi connectivity index (χ4n) is 5.96. The summed E-state index contributed by atoms with van der Waals surface area (Å²) in [6.45, 7) is 11.4. The molecule has 0 bridgehead atoms. The molecule has 0 radical (unpaired) electrons. The molecule has 2 aromatic carbocycles. The Balaban J connectivity index is 1.19. The summed E-state index contributed by atoms with van der Waals surface area (Å²) in [7, 11) is -5.23. The molecule has 4 heterocycles. The Morgan fingerprint density at radius 1 is 0.887 bits per heavy atom. The minimum absolute atomic E-state index is 0.0236. The van der Waals surface area contributed by atoms with Crippen molar-refractivity contribution in [2.24, 2.45) is 5.16 Å². The zero-order valence-electron chi connectivity index (χ0n) is 39.6. The van der Waals surface area contributed by atoms with Gasteiger partial charge in [-0.15, -0.1) is 16.4 Å². The molecule has 1 fully saturated rings. The Kier molecular flexibility index (Phi) is 15.6. The van der Waals surface area contributed by atoms with E-state index in [0.717, 1.165) is 22.5 Å². The molecule has 24 nitrogen and oxygen atoms in total. The van der Waals surface area contributed by atoms with Gasteiger partial charge in [0.1, 0.15) is 48.4 Å². The van der Waals surface area contributed by atoms with Crippen LogP contribution in [0.25, 0.3) is 11.5 Å². The number of benzene rings is 2. The summed E-state index contributed by atoms with van der Waals surface area (Å²) in [6.07, 6.45) is 0.432. The molecule has 0 unspecified atom stereocenters. The average Bonchev–Trinajstić information content (AvgIpc) is 3.89. The van der Waals surface area contributed by atoms with Crippen molar-refractivity contribution in [2.75, 3.05) is 11.9 Å². The number of anilines is 1. The van der Waals surface area contributed by atoms with Crippen molar-refractivity contribution in [3.63, 3.8) is 0 Å². The number of pyridine rings is 1. The number of β-lactam (4-membered cyclic amide) rings is 1. The largest absolute Gasteiger partial charge is 0.485 e. The van der Waals surface area contributed by atoms with Gasteiger partial charge >= 0.3 is 34.0 Å². The van der Waals surface area contributed by atoms with E-state index in [9.17, 15) is 42.4 Å². The highest BCUT2D eigenvalue weighted by Crippen LogP contribution is 2.32. The van der Waals surface area contributed by atoms with Crippen molar-refractivity contribution >= 4 is 62.3 Å². The van der Waals surface area contributed by atoms with Gasteiger partial charge in [0, 0.05) is 11.4 Å². The van der Waals surface area contributed by atoms with Gasteiger partial charge in [0.05, 0.1) is 18.8 Å². The van der Waals surface area contributed by atoms with Crippen LogP contribution < -0.4 is 30.5 Å². The lowest BCUT2D eigenvalue weighted by molar-refractivity contribution is -0.179. The van der Waals surface area contributed by atoms with Crippen LogP contribution in [-0.4, -0.2) is 102 Å². The van der Waals surface area contributed by atoms with Crippen LogP contribution in [0.4, 0.5) is 14.7 Å². The number of hydrogen-bond acceptors (Lipinski definition) is 19. The van der Waals surface area contributed by atoms with Gasteiger partial charge in [0.25, 0.3) is 11.8 Å². The number of amides is 5. The number of hydrogen-bond donors (Lipinski definition) is 3. The number of ether oxygens (including phenoxy) is 4. The number of oxime groups is 1. The quantitative estimate of drug-likeness (QED) is 0.0507. The van der Waals surface area contributed by atoms with E-state index in [1.807, 2.05) is 60.7 Å². The van der Waals surface area contributed by atoms with Gasteiger partial charge in [-0.2, -0.15) is 13.7 Å². The minimum atomic E-state index is -5.23. The lowest BCUT2D eigenvalue weighted by Gasteiger charge is -2.36. The smallest absolute Gasteiger partial charge is 0.413 e. The van der Waals surface area contributed by atoms with Gasteiger partial charge < -0.3 is 29.1 Å². The molecule has 5 aromatic rings. The summed E-state index contributed by atoms with van der Waals surface area (Å²) in [6, 6.07) is 18.5. The SMILES string of the molecule is CC(C)(C)OC(=O)Nc1nc(C(=NOC(C)(C)C(=O)OC(C)(C)C)C(=O)N[C@H]2CN(C(=O)NS(=O)(=O)n3nc(-c4cc(OCc5ccccc5)c(OCc5ccccc5)cn4)n(CC#N)c3=O)C2=O)cs1. The van der Waals surface area contributed by atoms with Gasteiger partial charge in [-0.05, 0) is 66.5 Å². The number of esters is 1. The summed E-state index contributed by atoms with van der Waals surface area (Å²) in [5, 5.41) is 23.5. The van der Waals surface area contributed by atoms with Crippen LogP contribution in [0, 0.1) is 11.3 Å². The van der Waals surface area contributed by atoms with E-state index in [1.54, 1.807) is 52.3 Å². The van der Waals surface area contributed by atoms with Crippen LogP contribution in [-0.2, 0) is 58.7 Å². The van der Waals surface area contributed by atoms with Crippen molar-refractivity contribution in [2.45, 2.75) is 98.0 Å². The van der Waals surface area contributed by atoms with Gasteiger partial charge in [-0.25, -0.2) is 33.9 Å². The van der Waals surface area contributed by atoms with Crippen molar-refractivity contribution in [1.29, 1.82) is 5.26 Å². The van der Waals surface area contributed by atoms with E-state index in [-0.39, 0.29) is 45.3 Å². The monoisotopic (exact) mass is 1020 g/mol. The molecule has 0 aliphatic carbocycles. The molecule has 3 N–H and O–H groups in total. The number of imide groups is 1. The highest BCUT2D eigenvalue weighted by atomic mass is 32.2. The zero-order valence-corrected chi connectivity index (χ0v) is 41.2. The van der Waals surface area contributed by atoms with Gasteiger partial charge in [-0.1, -0.05) is 69.9 Å². The van der Waals surface area contributed by atoms with Crippen molar-refractivity contribution in [1.82, 2.24) is 38.7 Å². The molecule has 3 aromatic heterocycles. The highest BCUT2D eigenvalue weighted by Gasteiger charge is 2.44. The molecule has 1 saturated heterocycles. The van der Waals surface area contributed by atoms with Crippen LogP contribution in [0.5, 0.6) is 11.5 Å². The summed E-state index contributed by atoms with van der Waals surface area (Å²) in [5.74, 6) is -3.09. The predicted octanol–water partition coefficient (Wildman–Crippen LogP) is 4.26. The molecule has 71 heavy (non-hydrogen) atoms. The molecular weight excluding hydrogens is 967 g/mol. The first kappa shape index (κ1) is 52.2. The van der Waals surface area contributed by atoms with Gasteiger partial charge in [0.15, 0.2) is 28.2 Å². The third-order valence-electron chi connectivity index (χ3n) is 9.35. The number of nitrogens with one attached hydrogen (secondary N) is 3. The van der Waals surface area contributed by atoms with E-state index in [2.05, 4.69) is 30.9 Å². The third-order valence-corrected chi connectivity index (χ3v) is 11.2. The van der Waals surface area contributed by atoms with Crippen LogP contribution in [0.3, 0.4) is 0 Å². The summed E-state index contributed by atoms with van der Waals surface area (Å²) >= 11 is 0.875. The van der Waals surface area contributed by atoms with E-state index < -0.39 is 93.3 Å². The maximum absolute atomic E-state index is 13.7. The first-order valence-electron chi connectivity index (χ1n) is 21.4. The number of nitriles is 1. The van der Waals surface area contributed by atoms with Crippen LogP contribution in [0.2, 0.25) is 0 Å². The molecule has 26 heteroatoms. The lowest BCUT2D eigenvalue weighted by atomic mass is 10.1. The highest BCUT2D eigenvalue weighted by molar-refractivity contribution is 7.88. The minimum Gasteiger partial charge on any atom is -0.485 e. The molecule has 1 aliphatic rings. The molecule has 6 rings (SSSR count). The summed E-state index contributed by atoms with van der Waals surface area (Å²) in [5.41, 5.74) is -4.11. The van der Waals surface area contributed by atoms with E-state index in [1.165, 1.54) is 31.5 Å². The molecule has 0 saturated carbocycles. The molecule has 0 spiro atoms. The number of carbonyl (C=O) groups is 5. The van der Waals surface area contributed by atoms with Crippen LogP contribution in [0.15, 0.2) is 88.3 Å². The number of likely N-dealkylation sites (tertiary alicyclic amines) is 1. The maximum Gasteiger partial charge on any atom is 0.413 e. The fraction of sp³-hybridized carbons (Fsp3) is 0.356. The number of urea groups is 1. The van der Waals surface area contributed by atoms with Crippen LogP contribution in [0.1, 0.15) is 72.2 Å². The standard InChI is InChI=1S/C45H49N11O13S2/c1-43(2,3)67-38(59)45(7,8)69-52-34(31-26-70-39(49-31)50-41(61)68-44(4,5)6)36(57)48-30-23-55(37(30)58)40(60)53-71(63,64)56-42(62)54(20-19-46)35(51-56)29-21-32(65-24-27-15-11-9-12-16-27)33(22-47-29)66-25-28-17-13-10-14-18-28/h9-18,21-22,26,30H,20,23-25H2,1-8H3,(H,48,57)(H,53,60)(H,49,50,61)/t30-/m0/s1. The molecule has 5 amide bonds. The fourth-order valence-corrected chi connectivity index (χ4v) is 7.55. The van der Waals surface area contributed by atoms with E-state index >= 15 is 0 Å². The number of thiazole rings is 1. The predicted molar refractivity (Wildman–Crippen MR) is 253 cm³/mol. The number of carbonyl (C=O) groups excluding carboxylic acids is 5. The first-order chi connectivity index (χ1) is 33.3. The Hall–Kier alpha value is -8.18. The van der Waals surface area contributed by atoms with E-state index in [0.29, 0.717) is 9.47 Å². The second-order valence-corrected chi connectivity index (χ2v) is 20.2. The molecular formula is C45H49N11O13S2. The normalized spacial score (nSPS) is 14.1. The number of rotatable bonds is 17. The number of aromatic nitrogens is 5.